The summed E-state index contributed by atoms with van der Waals surface area (Å²) < 4.78 is 51.9. The molecule has 8 nitrogen and oxygen atoms in total. The van der Waals surface area contributed by atoms with E-state index in [0.29, 0.717) is 38.8 Å². The van der Waals surface area contributed by atoms with E-state index >= 15 is 0 Å². The molecule has 0 unspecified atom stereocenters. The number of benzene rings is 2. The van der Waals surface area contributed by atoms with Gasteiger partial charge in [0.05, 0.1) is 12.7 Å². The van der Waals surface area contributed by atoms with Crippen LogP contribution in [0.3, 0.4) is 0 Å². The number of alkyl halides is 3. The standard InChI is InChI=1S/C25H15ClF3N5O3/c26-17-5-2-15(3-6-17)18-11-31-34-23(22(18)16-4-7-19-20(9-16)37-13-36-19)32-33(24(34)35)12-14-1-8-21(30-10-14)25(27,28)29/h1-11H,12-13H2. The average Bonchev–Trinajstić information content (AvgIpc) is 3.48. The van der Waals surface area contributed by atoms with E-state index < -0.39 is 17.6 Å². The van der Waals surface area contributed by atoms with Crippen molar-refractivity contribution in [2.24, 2.45) is 0 Å². The molecule has 0 atom stereocenters. The second kappa shape index (κ2) is 8.63. The predicted molar refractivity (Wildman–Crippen MR) is 128 cm³/mol. The van der Waals surface area contributed by atoms with Gasteiger partial charge in [-0.2, -0.15) is 22.8 Å². The van der Waals surface area contributed by atoms with Gasteiger partial charge in [-0.25, -0.2) is 9.48 Å². The first kappa shape index (κ1) is 23.0. The summed E-state index contributed by atoms with van der Waals surface area (Å²) in [6, 6.07) is 14.7. The molecule has 0 saturated carbocycles. The van der Waals surface area contributed by atoms with Gasteiger partial charge < -0.3 is 9.47 Å². The van der Waals surface area contributed by atoms with E-state index in [1.165, 1.54) is 6.07 Å². The summed E-state index contributed by atoms with van der Waals surface area (Å²) in [5.74, 6) is 1.15. The Balaban J connectivity index is 1.50. The van der Waals surface area contributed by atoms with Crippen LogP contribution in [-0.4, -0.2) is 31.2 Å². The van der Waals surface area contributed by atoms with E-state index in [1.54, 1.807) is 30.5 Å². The number of hydrogen-bond donors (Lipinski definition) is 0. The summed E-state index contributed by atoms with van der Waals surface area (Å²) in [4.78, 5) is 16.6. The quantitative estimate of drug-likeness (QED) is 0.326. The molecular formula is C25H15ClF3N5O3. The third-order valence-electron chi connectivity index (χ3n) is 5.88. The molecule has 0 radical (unpaired) electrons. The summed E-state index contributed by atoms with van der Waals surface area (Å²) in [7, 11) is 0. The summed E-state index contributed by atoms with van der Waals surface area (Å²) in [6.07, 6.45) is -1.92. The highest BCUT2D eigenvalue weighted by atomic mass is 35.5. The molecule has 186 valence electrons. The molecule has 0 aliphatic carbocycles. The van der Waals surface area contributed by atoms with Crippen LogP contribution >= 0.6 is 11.6 Å². The lowest BCUT2D eigenvalue weighted by atomic mass is 9.97. The van der Waals surface area contributed by atoms with Crippen molar-refractivity contribution in [3.63, 3.8) is 0 Å². The Morgan fingerprint density at radius 2 is 1.70 bits per heavy atom. The Morgan fingerprint density at radius 3 is 2.43 bits per heavy atom. The molecule has 37 heavy (non-hydrogen) atoms. The van der Waals surface area contributed by atoms with Gasteiger partial charge in [-0.15, -0.1) is 5.10 Å². The number of rotatable bonds is 4. The fourth-order valence-corrected chi connectivity index (χ4v) is 4.23. The maximum Gasteiger partial charge on any atom is 0.433 e. The van der Waals surface area contributed by atoms with Crippen LogP contribution in [0.15, 0.2) is 71.8 Å². The smallest absolute Gasteiger partial charge is 0.433 e. The molecule has 3 aromatic heterocycles. The fourth-order valence-electron chi connectivity index (χ4n) is 4.11. The van der Waals surface area contributed by atoms with Crippen LogP contribution in [-0.2, 0) is 12.7 Å². The number of halogens is 4. The summed E-state index contributed by atoms with van der Waals surface area (Å²) >= 11 is 6.08. The maximum atomic E-state index is 13.2. The van der Waals surface area contributed by atoms with E-state index in [4.69, 9.17) is 21.1 Å². The molecule has 4 heterocycles. The Morgan fingerprint density at radius 1 is 0.946 bits per heavy atom. The highest BCUT2D eigenvalue weighted by Crippen LogP contribution is 2.40. The van der Waals surface area contributed by atoms with Gasteiger partial charge in [-0.05, 0) is 47.0 Å². The highest BCUT2D eigenvalue weighted by Gasteiger charge is 2.32. The monoisotopic (exact) mass is 525 g/mol. The van der Waals surface area contributed by atoms with Crippen molar-refractivity contribution >= 4 is 17.2 Å². The molecule has 1 aliphatic heterocycles. The number of nitrogens with zero attached hydrogens (tertiary/aromatic N) is 5. The van der Waals surface area contributed by atoms with Crippen molar-refractivity contribution in [2.45, 2.75) is 12.7 Å². The highest BCUT2D eigenvalue weighted by molar-refractivity contribution is 6.30. The number of fused-ring (bicyclic) bond motifs is 2. The van der Waals surface area contributed by atoms with Gasteiger partial charge in [0.2, 0.25) is 6.79 Å². The zero-order chi connectivity index (χ0) is 25.7. The van der Waals surface area contributed by atoms with Crippen LogP contribution < -0.4 is 15.2 Å². The normalized spacial score (nSPS) is 12.9. The predicted octanol–water partition coefficient (Wildman–Crippen LogP) is 5.07. The molecule has 0 spiro atoms. The average molecular weight is 526 g/mol. The summed E-state index contributed by atoms with van der Waals surface area (Å²) in [5.41, 5.74) is 1.86. The SMILES string of the molecule is O=c1n(Cc2ccc(C(F)(F)F)nc2)nc2c(-c3ccc4c(c3)OCO4)c(-c3ccc(Cl)cc3)cnn12. The van der Waals surface area contributed by atoms with Gasteiger partial charge >= 0.3 is 11.9 Å². The first-order chi connectivity index (χ1) is 17.8. The molecule has 0 amide bonds. The van der Waals surface area contributed by atoms with Crippen molar-refractivity contribution in [3.05, 3.63) is 93.8 Å². The molecule has 0 N–H and O–H groups in total. The third-order valence-corrected chi connectivity index (χ3v) is 6.13. The Labute approximate surface area is 211 Å². The first-order valence-electron chi connectivity index (χ1n) is 10.9. The van der Waals surface area contributed by atoms with E-state index in [9.17, 15) is 18.0 Å². The zero-order valence-corrected chi connectivity index (χ0v) is 19.5. The van der Waals surface area contributed by atoms with Crippen LogP contribution in [0.1, 0.15) is 11.3 Å². The van der Waals surface area contributed by atoms with Crippen molar-refractivity contribution in [2.75, 3.05) is 6.79 Å². The van der Waals surface area contributed by atoms with Gasteiger partial charge in [0, 0.05) is 22.3 Å². The third kappa shape index (κ3) is 4.16. The van der Waals surface area contributed by atoms with Crippen molar-refractivity contribution in [1.29, 1.82) is 0 Å². The molecule has 0 bridgehead atoms. The molecular weight excluding hydrogens is 511 g/mol. The molecule has 5 aromatic rings. The van der Waals surface area contributed by atoms with Gasteiger partial charge in [0.15, 0.2) is 17.1 Å². The Hall–Kier alpha value is -4.38. The second-order valence-electron chi connectivity index (χ2n) is 8.23. The molecule has 6 rings (SSSR count). The van der Waals surface area contributed by atoms with Crippen molar-refractivity contribution < 1.29 is 22.6 Å². The van der Waals surface area contributed by atoms with E-state index in [1.807, 2.05) is 18.2 Å². The minimum Gasteiger partial charge on any atom is -0.454 e. The van der Waals surface area contributed by atoms with Crippen LogP contribution in [0.4, 0.5) is 13.2 Å². The van der Waals surface area contributed by atoms with Crippen LogP contribution in [0.25, 0.3) is 27.9 Å². The Bertz CT molecular complexity index is 1700. The molecule has 12 heteroatoms. The Kier molecular flexibility index (Phi) is 5.37. The minimum absolute atomic E-state index is 0.0931. The molecule has 1 aliphatic rings. The number of pyridine rings is 1. The number of ether oxygens (including phenoxy) is 2. The lowest BCUT2D eigenvalue weighted by molar-refractivity contribution is -0.141. The maximum absolute atomic E-state index is 13.2. The van der Waals surface area contributed by atoms with Gasteiger partial charge in [-0.3, -0.25) is 4.98 Å². The van der Waals surface area contributed by atoms with Gasteiger partial charge in [0.25, 0.3) is 0 Å². The van der Waals surface area contributed by atoms with E-state index in [2.05, 4.69) is 15.2 Å². The summed E-state index contributed by atoms with van der Waals surface area (Å²) in [5, 5.41) is 9.39. The molecule has 0 fully saturated rings. The van der Waals surface area contributed by atoms with Crippen molar-refractivity contribution in [3.8, 4) is 33.8 Å². The fraction of sp³-hybridized carbons (Fsp3) is 0.120. The number of aromatic nitrogens is 5. The van der Waals surface area contributed by atoms with Gasteiger partial charge in [0.1, 0.15) is 5.69 Å². The number of hydrogen-bond acceptors (Lipinski definition) is 6. The largest absolute Gasteiger partial charge is 0.454 e. The first-order valence-corrected chi connectivity index (χ1v) is 11.3. The zero-order valence-electron chi connectivity index (χ0n) is 18.7. The van der Waals surface area contributed by atoms with Crippen LogP contribution in [0, 0.1) is 0 Å². The lowest BCUT2D eigenvalue weighted by Crippen LogP contribution is -2.23. The molecule has 2 aromatic carbocycles. The lowest BCUT2D eigenvalue weighted by Gasteiger charge is -2.11. The summed E-state index contributed by atoms with van der Waals surface area (Å²) in [6.45, 7) is 0.00796. The topological polar surface area (TPSA) is 83.5 Å². The van der Waals surface area contributed by atoms with Crippen LogP contribution in [0.5, 0.6) is 11.5 Å². The van der Waals surface area contributed by atoms with Crippen LogP contribution in [0.2, 0.25) is 5.02 Å². The molecule has 0 saturated heterocycles. The van der Waals surface area contributed by atoms with E-state index in [-0.39, 0.29) is 19.0 Å². The minimum atomic E-state index is -4.56. The van der Waals surface area contributed by atoms with Crippen molar-refractivity contribution in [1.82, 2.24) is 24.4 Å². The van der Waals surface area contributed by atoms with Gasteiger partial charge in [-0.1, -0.05) is 35.9 Å². The van der Waals surface area contributed by atoms with E-state index in [0.717, 1.165) is 27.0 Å². The second-order valence-corrected chi connectivity index (χ2v) is 8.67.